The van der Waals surface area contributed by atoms with Gasteiger partial charge < -0.3 is 5.32 Å². The van der Waals surface area contributed by atoms with Crippen LogP contribution in [0.15, 0.2) is 30.3 Å². The van der Waals surface area contributed by atoms with E-state index in [4.69, 9.17) is 12.2 Å². The van der Waals surface area contributed by atoms with Gasteiger partial charge in [0.1, 0.15) is 5.82 Å². The summed E-state index contributed by atoms with van der Waals surface area (Å²) >= 11 is 5.37. The summed E-state index contributed by atoms with van der Waals surface area (Å²) in [5.74, 6) is 1.62. The van der Waals surface area contributed by atoms with Crippen molar-refractivity contribution in [3.8, 4) is 0 Å². The van der Waals surface area contributed by atoms with Gasteiger partial charge in [0.25, 0.3) is 0 Å². The van der Waals surface area contributed by atoms with E-state index in [1.165, 1.54) is 5.56 Å². The molecule has 108 valence electrons. The van der Waals surface area contributed by atoms with Crippen LogP contribution in [0.3, 0.4) is 0 Å². The molecule has 0 aliphatic carbocycles. The number of rotatable bonds is 3. The van der Waals surface area contributed by atoms with Crippen molar-refractivity contribution in [2.75, 3.05) is 13.1 Å². The lowest BCUT2D eigenvalue weighted by Crippen LogP contribution is -2.28. The number of aromatic amines is 1. The van der Waals surface area contributed by atoms with Crippen LogP contribution in [0.4, 0.5) is 0 Å². The highest BCUT2D eigenvalue weighted by molar-refractivity contribution is 7.71. The van der Waals surface area contributed by atoms with Gasteiger partial charge in [0.15, 0.2) is 4.77 Å². The van der Waals surface area contributed by atoms with E-state index in [2.05, 4.69) is 44.3 Å². The summed E-state index contributed by atoms with van der Waals surface area (Å²) in [4.78, 5) is 0. The molecule has 2 N–H and O–H groups in total. The van der Waals surface area contributed by atoms with Gasteiger partial charge in [-0.15, -0.1) is 12.4 Å². The molecule has 1 saturated heterocycles. The predicted octanol–water partition coefficient (Wildman–Crippen LogP) is 2.88. The van der Waals surface area contributed by atoms with Gasteiger partial charge in [-0.3, -0.25) is 9.67 Å². The van der Waals surface area contributed by atoms with Gasteiger partial charge in [-0.2, -0.15) is 5.10 Å². The minimum Gasteiger partial charge on any atom is -0.317 e. The van der Waals surface area contributed by atoms with Gasteiger partial charge in [0.2, 0.25) is 0 Å². The Labute approximate surface area is 130 Å². The molecule has 2 aromatic rings. The second kappa shape index (κ2) is 7.02. The van der Waals surface area contributed by atoms with Crippen molar-refractivity contribution in [1.29, 1.82) is 0 Å². The zero-order chi connectivity index (χ0) is 13.1. The maximum Gasteiger partial charge on any atom is 0.195 e. The van der Waals surface area contributed by atoms with Crippen molar-refractivity contribution in [2.24, 2.45) is 0 Å². The monoisotopic (exact) mass is 310 g/mol. The van der Waals surface area contributed by atoms with Crippen LogP contribution in [-0.4, -0.2) is 27.9 Å². The van der Waals surface area contributed by atoms with Crippen molar-refractivity contribution in [3.63, 3.8) is 0 Å². The molecule has 20 heavy (non-hydrogen) atoms. The fourth-order valence-corrected chi connectivity index (χ4v) is 2.84. The number of benzene rings is 1. The Hall–Kier alpha value is -1.17. The summed E-state index contributed by atoms with van der Waals surface area (Å²) in [6.45, 7) is 2.93. The first kappa shape index (κ1) is 15.2. The lowest BCUT2D eigenvalue weighted by atomic mass is 9.97. The minimum atomic E-state index is 0. The quantitative estimate of drug-likeness (QED) is 0.857. The molecule has 0 radical (unpaired) electrons. The summed E-state index contributed by atoms with van der Waals surface area (Å²) < 4.78 is 2.86. The van der Waals surface area contributed by atoms with E-state index in [0.29, 0.717) is 5.92 Å². The third-order valence-corrected chi connectivity index (χ3v) is 3.99. The molecular weight excluding hydrogens is 292 g/mol. The van der Waals surface area contributed by atoms with Gasteiger partial charge in [-0.1, -0.05) is 30.3 Å². The zero-order valence-electron chi connectivity index (χ0n) is 11.2. The van der Waals surface area contributed by atoms with Crippen LogP contribution < -0.4 is 5.32 Å². The number of halogens is 1. The highest BCUT2D eigenvalue weighted by Crippen LogP contribution is 2.24. The SMILES string of the molecule is Cl.S=c1[nH]nc(C2CCNCC2)n1Cc1ccccc1. The third-order valence-electron chi connectivity index (χ3n) is 3.68. The molecule has 2 heterocycles. The second-order valence-corrected chi connectivity index (χ2v) is 5.37. The summed E-state index contributed by atoms with van der Waals surface area (Å²) in [7, 11) is 0. The van der Waals surface area contributed by atoms with E-state index in [9.17, 15) is 0 Å². The molecule has 0 saturated carbocycles. The van der Waals surface area contributed by atoms with Gasteiger partial charge in [0, 0.05) is 5.92 Å². The van der Waals surface area contributed by atoms with Gasteiger partial charge in [0.05, 0.1) is 6.54 Å². The van der Waals surface area contributed by atoms with Crippen LogP contribution in [-0.2, 0) is 6.54 Å². The van der Waals surface area contributed by atoms with Crippen LogP contribution >= 0.6 is 24.6 Å². The van der Waals surface area contributed by atoms with Crippen LogP contribution in [0.25, 0.3) is 0 Å². The van der Waals surface area contributed by atoms with Crippen LogP contribution in [0, 0.1) is 4.77 Å². The number of aromatic nitrogens is 3. The second-order valence-electron chi connectivity index (χ2n) is 4.98. The van der Waals surface area contributed by atoms with Crippen LogP contribution in [0.5, 0.6) is 0 Å². The van der Waals surface area contributed by atoms with Crippen molar-refractivity contribution < 1.29 is 0 Å². The summed E-state index contributed by atoms with van der Waals surface area (Å²) in [5.41, 5.74) is 1.26. The fourth-order valence-electron chi connectivity index (χ4n) is 2.64. The number of hydrogen-bond donors (Lipinski definition) is 2. The zero-order valence-corrected chi connectivity index (χ0v) is 12.8. The minimum absolute atomic E-state index is 0. The van der Waals surface area contributed by atoms with Crippen molar-refractivity contribution in [1.82, 2.24) is 20.1 Å². The molecule has 0 unspecified atom stereocenters. The Morgan fingerprint density at radius 3 is 2.60 bits per heavy atom. The number of nitrogens with one attached hydrogen (secondary N) is 2. The molecule has 0 atom stereocenters. The summed E-state index contributed by atoms with van der Waals surface area (Å²) in [5, 5.41) is 10.8. The maximum atomic E-state index is 5.37. The molecule has 6 heteroatoms. The topological polar surface area (TPSA) is 45.6 Å². The van der Waals surface area contributed by atoms with E-state index >= 15 is 0 Å². The normalized spacial score (nSPS) is 15.8. The molecule has 1 aromatic carbocycles. The van der Waals surface area contributed by atoms with E-state index in [1.807, 2.05) is 6.07 Å². The standard InChI is InChI=1S/C14H18N4S.ClH/c19-14-17-16-13(12-6-8-15-9-7-12)18(14)10-11-4-2-1-3-5-11;/h1-5,12,15H,6-10H2,(H,17,19);1H. The molecule has 3 rings (SSSR count). The highest BCUT2D eigenvalue weighted by Gasteiger charge is 2.21. The number of hydrogen-bond acceptors (Lipinski definition) is 3. The van der Waals surface area contributed by atoms with Gasteiger partial charge in [-0.25, -0.2) is 0 Å². The van der Waals surface area contributed by atoms with Crippen LogP contribution in [0.2, 0.25) is 0 Å². The first-order valence-electron chi connectivity index (χ1n) is 6.74. The molecule has 4 nitrogen and oxygen atoms in total. The molecule has 0 spiro atoms. The van der Waals surface area contributed by atoms with Crippen LogP contribution in [0.1, 0.15) is 30.1 Å². The average molecular weight is 311 g/mol. The molecule has 0 bridgehead atoms. The Bertz CT molecular complexity index is 587. The number of piperidine rings is 1. The molecule has 1 aliphatic rings. The first-order valence-corrected chi connectivity index (χ1v) is 7.15. The fraction of sp³-hybridized carbons (Fsp3) is 0.429. The third kappa shape index (κ3) is 3.29. The van der Waals surface area contributed by atoms with E-state index < -0.39 is 0 Å². The lowest BCUT2D eigenvalue weighted by Gasteiger charge is -2.22. The smallest absolute Gasteiger partial charge is 0.195 e. The summed E-state index contributed by atoms with van der Waals surface area (Å²) in [6, 6.07) is 10.4. The Kier molecular flexibility index (Phi) is 5.34. The molecule has 1 aromatic heterocycles. The Morgan fingerprint density at radius 2 is 1.90 bits per heavy atom. The van der Waals surface area contributed by atoms with Gasteiger partial charge in [-0.05, 0) is 43.7 Å². The molecule has 1 aliphatic heterocycles. The van der Waals surface area contributed by atoms with Crippen molar-refractivity contribution in [3.05, 3.63) is 46.5 Å². The first-order chi connectivity index (χ1) is 9.34. The van der Waals surface area contributed by atoms with E-state index in [0.717, 1.165) is 43.1 Å². The summed E-state index contributed by atoms with van der Waals surface area (Å²) in [6.07, 6.45) is 2.27. The van der Waals surface area contributed by atoms with Crippen molar-refractivity contribution >= 4 is 24.6 Å². The lowest BCUT2D eigenvalue weighted by molar-refractivity contribution is 0.433. The number of H-pyrrole nitrogens is 1. The molecule has 0 amide bonds. The largest absolute Gasteiger partial charge is 0.317 e. The van der Waals surface area contributed by atoms with E-state index in [-0.39, 0.29) is 12.4 Å². The Morgan fingerprint density at radius 1 is 1.20 bits per heavy atom. The molecular formula is C14H19ClN4S. The van der Waals surface area contributed by atoms with E-state index in [1.54, 1.807) is 0 Å². The predicted molar refractivity (Wildman–Crippen MR) is 85.0 cm³/mol. The van der Waals surface area contributed by atoms with Crippen molar-refractivity contribution in [2.45, 2.75) is 25.3 Å². The number of nitrogens with zero attached hydrogens (tertiary/aromatic N) is 2. The van der Waals surface area contributed by atoms with Gasteiger partial charge >= 0.3 is 0 Å². The average Bonchev–Trinajstić information content (AvgIpc) is 2.82. The molecule has 1 fully saturated rings. The highest BCUT2D eigenvalue weighted by atomic mass is 35.5. The Balaban J connectivity index is 0.00000147. The maximum absolute atomic E-state index is 5.37.